The van der Waals surface area contributed by atoms with Crippen LogP contribution in [0.5, 0.6) is 0 Å². The van der Waals surface area contributed by atoms with Crippen LogP contribution >= 0.6 is 15.9 Å². The lowest BCUT2D eigenvalue weighted by Crippen LogP contribution is -2.36. The molecule has 4 rings (SSSR count). The number of fused-ring (bicyclic) bond motifs is 3. The second kappa shape index (κ2) is 5.24. The van der Waals surface area contributed by atoms with Crippen molar-refractivity contribution in [2.75, 3.05) is 0 Å². The van der Waals surface area contributed by atoms with E-state index in [1.54, 1.807) is 0 Å². The number of amides is 1. The average molecular weight is 347 g/mol. The minimum atomic E-state index is 0.209. The molecule has 2 heterocycles. The fraction of sp³-hybridized carbons (Fsp3) is 0.529. The summed E-state index contributed by atoms with van der Waals surface area (Å²) in [6.45, 7) is 0.756. The molecule has 110 valence electrons. The third-order valence-electron chi connectivity index (χ3n) is 5.04. The summed E-state index contributed by atoms with van der Waals surface area (Å²) in [7, 11) is 0. The predicted octanol–water partition coefficient (Wildman–Crippen LogP) is 4.39. The average Bonchev–Trinajstić information content (AvgIpc) is 2.86. The van der Waals surface area contributed by atoms with Crippen LogP contribution in [0.15, 0.2) is 15.5 Å². The van der Waals surface area contributed by atoms with E-state index in [1.165, 1.54) is 24.8 Å². The molecule has 0 spiro atoms. The molecule has 0 bridgehead atoms. The summed E-state index contributed by atoms with van der Waals surface area (Å²) in [6, 6.07) is 2.46. The number of carbonyl (C=O) groups is 1. The van der Waals surface area contributed by atoms with Gasteiger partial charge in [0.1, 0.15) is 0 Å². The number of carbonyl (C=O) groups excluding carboxylic acids is 1. The van der Waals surface area contributed by atoms with Gasteiger partial charge in [-0.1, -0.05) is 35.2 Å². The summed E-state index contributed by atoms with van der Waals surface area (Å²) >= 11 is 3.63. The van der Waals surface area contributed by atoms with Gasteiger partial charge in [0.2, 0.25) is 0 Å². The Morgan fingerprint density at radius 2 is 2.00 bits per heavy atom. The first-order valence-electron chi connectivity index (χ1n) is 7.93. The van der Waals surface area contributed by atoms with E-state index in [0.29, 0.717) is 6.04 Å². The van der Waals surface area contributed by atoms with Crippen molar-refractivity contribution >= 4 is 33.7 Å². The zero-order valence-corrected chi connectivity index (χ0v) is 13.7. The number of nitrogens with zero attached hydrogens (tertiary/aromatic N) is 2. The summed E-state index contributed by atoms with van der Waals surface area (Å²) in [5.74, 6) is 0.209. The topological polar surface area (TPSA) is 32.7 Å². The molecule has 0 saturated heterocycles. The van der Waals surface area contributed by atoms with Crippen molar-refractivity contribution in [3.63, 3.8) is 0 Å². The third-order valence-corrected chi connectivity index (χ3v) is 5.74. The number of benzene rings is 1. The fourth-order valence-corrected chi connectivity index (χ4v) is 4.53. The molecule has 0 atom stereocenters. The minimum absolute atomic E-state index is 0.209. The SMILES string of the molecule is O=C1c2cc(Br)c3c(c2CN1C1CCCCC1)N=CCC3. The van der Waals surface area contributed by atoms with Crippen molar-refractivity contribution in [3.05, 3.63) is 27.2 Å². The Bertz CT molecular complexity index is 632. The van der Waals surface area contributed by atoms with Gasteiger partial charge < -0.3 is 4.90 Å². The van der Waals surface area contributed by atoms with E-state index in [-0.39, 0.29) is 5.91 Å². The molecule has 0 radical (unpaired) electrons. The monoisotopic (exact) mass is 346 g/mol. The molecule has 4 heteroatoms. The van der Waals surface area contributed by atoms with Crippen molar-refractivity contribution < 1.29 is 4.79 Å². The normalized spacial score (nSPS) is 21.6. The van der Waals surface area contributed by atoms with Gasteiger partial charge in [0.15, 0.2) is 0 Å². The molecule has 2 aliphatic heterocycles. The molecule has 1 aliphatic carbocycles. The molecule has 1 fully saturated rings. The van der Waals surface area contributed by atoms with Gasteiger partial charge in [-0.2, -0.15) is 0 Å². The molecule has 3 nitrogen and oxygen atoms in total. The van der Waals surface area contributed by atoms with Crippen molar-refractivity contribution in [3.8, 4) is 0 Å². The van der Waals surface area contributed by atoms with Crippen molar-refractivity contribution in [1.82, 2.24) is 4.90 Å². The molecule has 0 aromatic heterocycles. The van der Waals surface area contributed by atoms with Crippen LogP contribution in [0.25, 0.3) is 0 Å². The number of aliphatic imine (C=N–C) groups is 1. The fourth-order valence-electron chi connectivity index (χ4n) is 3.92. The number of hydrogen-bond acceptors (Lipinski definition) is 2. The quantitative estimate of drug-likeness (QED) is 0.742. The molecule has 21 heavy (non-hydrogen) atoms. The van der Waals surface area contributed by atoms with Gasteiger partial charge in [-0.05, 0) is 37.3 Å². The predicted molar refractivity (Wildman–Crippen MR) is 87.4 cm³/mol. The van der Waals surface area contributed by atoms with Crippen LogP contribution in [-0.4, -0.2) is 23.1 Å². The minimum Gasteiger partial charge on any atom is -0.331 e. The lowest BCUT2D eigenvalue weighted by Gasteiger charge is -2.30. The highest BCUT2D eigenvalue weighted by atomic mass is 79.9. The Morgan fingerprint density at radius 3 is 2.81 bits per heavy atom. The zero-order chi connectivity index (χ0) is 14.4. The first-order chi connectivity index (χ1) is 10.3. The van der Waals surface area contributed by atoms with E-state index in [1.807, 2.05) is 12.3 Å². The van der Waals surface area contributed by atoms with Crippen LogP contribution in [-0.2, 0) is 13.0 Å². The highest BCUT2D eigenvalue weighted by molar-refractivity contribution is 9.10. The largest absolute Gasteiger partial charge is 0.331 e. The smallest absolute Gasteiger partial charge is 0.254 e. The standard InChI is InChI=1S/C17H19BrN2O/c18-15-9-13-14(16-12(15)7-4-8-19-16)10-20(17(13)21)11-5-2-1-3-6-11/h8-9,11H,1-7,10H2. The lowest BCUT2D eigenvalue weighted by molar-refractivity contribution is 0.0660. The molecule has 0 N–H and O–H groups in total. The maximum atomic E-state index is 12.8. The third kappa shape index (κ3) is 2.15. The molecular formula is C17H19BrN2O. The van der Waals surface area contributed by atoms with Gasteiger partial charge in [0, 0.05) is 34.4 Å². The van der Waals surface area contributed by atoms with E-state index in [0.717, 1.165) is 53.5 Å². The number of rotatable bonds is 1. The highest BCUT2D eigenvalue weighted by Crippen LogP contribution is 2.42. The van der Waals surface area contributed by atoms with Crippen molar-refractivity contribution in [2.45, 2.75) is 57.5 Å². The van der Waals surface area contributed by atoms with Crippen LogP contribution in [0.2, 0.25) is 0 Å². The van der Waals surface area contributed by atoms with Gasteiger partial charge >= 0.3 is 0 Å². The van der Waals surface area contributed by atoms with E-state index < -0.39 is 0 Å². The second-order valence-electron chi connectivity index (χ2n) is 6.29. The molecule has 1 amide bonds. The van der Waals surface area contributed by atoms with Crippen LogP contribution in [0.3, 0.4) is 0 Å². The van der Waals surface area contributed by atoms with Gasteiger partial charge in [-0.3, -0.25) is 9.79 Å². The molecule has 3 aliphatic rings. The Hall–Kier alpha value is -1.16. The maximum Gasteiger partial charge on any atom is 0.254 e. The molecule has 1 aromatic rings. The van der Waals surface area contributed by atoms with Crippen LogP contribution < -0.4 is 0 Å². The summed E-state index contributed by atoms with van der Waals surface area (Å²) < 4.78 is 1.05. The van der Waals surface area contributed by atoms with E-state index in [4.69, 9.17) is 0 Å². The van der Waals surface area contributed by atoms with E-state index in [9.17, 15) is 4.79 Å². The Balaban J connectivity index is 1.74. The first kappa shape index (κ1) is 13.5. The van der Waals surface area contributed by atoms with E-state index in [2.05, 4.69) is 25.8 Å². The van der Waals surface area contributed by atoms with E-state index >= 15 is 0 Å². The van der Waals surface area contributed by atoms with Gasteiger partial charge in [0.05, 0.1) is 5.69 Å². The van der Waals surface area contributed by atoms with Crippen molar-refractivity contribution in [2.24, 2.45) is 4.99 Å². The van der Waals surface area contributed by atoms with Crippen molar-refractivity contribution in [1.29, 1.82) is 0 Å². The Kier molecular flexibility index (Phi) is 3.37. The molecule has 0 unspecified atom stereocenters. The molecule has 1 aromatic carbocycles. The number of hydrogen-bond donors (Lipinski definition) is 0. The highest BCUT2D eigenvalue weighted by Gasteiger charge is 2.36. The van der Waals surface area contributed by atoms with Crippen LogP contribution in [0, 0.1) is 0 Å². The summed E-state index contributed by atoms with van der Waals surface area (Å²) in [4.78, 5) is 19.5. The van der Waals surface area contributed by atoms with Crippen LogP contribution in [0.4, 0.5) is 5.69 Å². The Labute approximate surface area is 133 Å². The summed E-state index contributed by atoms with van der Waals surface area (Å²) in [5.41, 5.74) is 4.34. The second-order valence-corrected chi connectivity index (χ2v) is 7.14. The maximum absolute atomic E-state index is 12.8. The zero-order valence-electron chi connectivity index (χ0n) is 12.1. The summed E-state index contributed by atoms with van der Waals surface area (Å²) in [6.07, 6.45) is 10.1. The summed E-state index contributed by atoms with van der Waals surface area (Å²) in [5, 5.41) is 0. The van der Waals surface area contributed by atoms with Gasteiger partial charge in [0.25, 0.3) is 5.91 Å². The Morgan fingerprint density at radius 1 is 1.19 bits per heavy atom. The van der Waals surface area contributed by atoms with Crippen LogP contribution in [0.1, 0.15) is 60.0 Å². The van der Waals surface area contributed by atoms with Gasteiger partial charge in [-0.15, -0.1) is 0 Å². The molecule has 1 saturated carbocycles. The number of halogens is 1. The lowest BCUT2D eigenvalue weighted by atomic mass is 9.94. The van der Waals surface area contributed by atoms with Gasteiger partial charge in [-0.25, -0.2) is 0 Å². The first-order valence-corrected chi connectivity index (χ1v) is 8.73. The molecular weight excluding hydrogens is 328 g/mol.